The third kappa shape index (κ3) is 3.19. The van der Waals surface area contributed by atoms with Crippen LogP contribution in [0.4, 0.5) is 0 Å². The van der Waals surface area contributed by atoms with Crippen molar-refractivity contribution in [2.75, 3.05) is 20.8 Å². The van der Waals surface area contributed by atoms with Crippen molar-refractivity contribution < 1.29 is 18.9 Å². The predicted molar refractivity (Wildman–Crippen MR) is 102 cm³/mol. The van der Waals surface area contributed by atoms with Crippen LogP contribution in [0.2, 0.25) is 0 Å². The largest absolute Gasteiger partial charge is 0.494 e. The summed E-state index contributed by atoms with van der Waals surface area (Å²) in [4.78, 5) is 0. The number of nitrogens with two attached hydrogens (primary N) is 1. The normalized spacial score (nSPS) is 20.7. The zero-order valence-corrected chi connectivity index (χ0v) is 16.0. The quantitative estimate of drug-likeness (QED) is 0.874. The summed E-state index contributed by atoms with van der Waals surface area (Å²) >= 11 is 0. The van der Waals surface area contributed by atoms with Gasteiger partial charge in [0.25, 0.3) is 0 Å². The Hall–Kier alpha value is -2.40. The highest BCUT2D eigenvalue weighted by atomic mass is 16.5. The van der Waals surface area contributed by atoms with Crippen LogP contribution >= 0.6 is 0 Å². The Labute approximate surface area is 155 Å². The molecule has 0 fully saturated rings. The van der Waals surface area contributed by atoms with E-state index >= 15 is 0 Å². The van der Waals surface area contributed by atoms with Crippen LogP contribution in [-0.4, -0.2) is 26.4 Å². The van der Waals surface area contributed by atoms with Crippen LogP contribution in [0.1, 0.15) is 43.9 Å². The van der Waals surface area contributed by atoms with Gasteiger partial charge in [-0.05, 0) is 44.5 Å². The van der Waals surface area contributed by atoms with Gasteiger partial charge in [-0.2, -0.15) is 0 Å². The van der Waals surface area contributed by atoms with Crippen molar-refractivity contribution in [1.29, 1.82) is 0 Å². The van der Waals surface area contributed by atoms with Crippen molar-refractivity contribution in [3.63, 3.8) is 0 Å². The SMILES string of the molecule is CCOc1ccc2c(c1)OC(C)(C)C(c1ccc(OC)c(OC)c1)C2N. The molecule has 140 valence electrons. The highest BCUT2D eigenvalue weighted by molar-refractivity contribution is 5.50. The molecule has 0 saturated carbocycles. The molecule has 0 bridgehead atoms. The fourth-order valence-electron chi connectivity index (χ4n) is 3.75. The minimum Gasteiger partial charge on any atom is -0.494 e. The fraction of sp³-hybridized carbons (Fsp3) is 0.429. The van der Waals surface area contributed by atoms with Crippen LogP contribution in [0, 0.1) is 0 Å². The molecule has 1 aliphatic rings. The summed E-state index contributed by atoms with van der Waals surface area (Å²) in [5.41, 5.74) is 8.24. The Morgan fingerprint density at radius 3 is 2.42 bits per heavy atom. The lowest BCUT2D eigenvalue weighted by atomic mass is 9.74. The van der Waals surface area contributed by atoms with Gasteiger partial charge in [-0.25, -0.2) is 0 Å². The highest BCUT2D eigenvalue weighted by Crippen LogP contribution is 2.49. The molecule has 2 unspecified atom stereocenters. The maximum Gasteiger partial charge on any atom is 0.161 e. The molecule has 0 aliphatic carbocycles. The van der Waals surface area contributed by atoms with Crippen molar-refractivity contribution >= 4 is 0 Å². The van der Waals surface area contributed by atoms with Gasteiger partial charge in [0.05, 0.1) is 20.8 Å². The lowest BCUT2D eigenvalue weighted by Gasteiger charge is -2.44. The molecule has 5 heteroatoms. The molecular weight excluding hydrogens is 330 g/mol. The first-order valence-corrected chi connectivity index (χ1v) is 8.84. The van der Waals surface area contributed by atoms with Gasteiger partial charge in [0, 0.05) is 23.6 Å². The van der Waals surface area contributed by atoms with E-state index in [9.17, 15) is 0 Å². The summed E-state index contributed by atoms with van der Waals surface area (Å²) in [5.74, 6) is 2.92. The predicted octanol–water partition coefficient (Wildman–Crippen LogP) is 4.06. The van der Waals surface area contributed by atoms with E-state index in [1.807, 2.05) is 43.3 Å². The second kappa shape index (κ2) is 7.08. The first-order chi connectivity index (χ1) is 12.4. The van der Waals surface area contributed by atoms with Crippen molar-refractivity contribution in [1.82, 2.24) is 0 Å². The Morgan fingerprint density at radius 1 is 1.04 bits per heavy atom. The van der Waals surface area contributed by atoms with Gasteiger partial charge in [0.1, 0.15) is 17.1 Å². The number of methoxy groups -OCH3 is 2. The monoisotopic (exact) mass is 357 g/mol. The third-order valence-corrected chi connectivity index (χ3v) is 4.90. The Kier molecular flexibility index (Phi) is 5.01. The standard InChI is InChI=1S/C21H27NO4/c1-6-25-14-8-9-15-17(12-14)26-21(2,3)19(20(15)22)13-7-10-16(23-4)18(11-13)24-5/h7-12,19-20H,6,22H2,1-5H3. The van der Waals surface area contributed by atoms with Gasteiger partial charge in [0.15, 0.2) is 11.5 Å². The smallest absolute Gasteiger partial charge is 0.161 e. The molecule has 3 rings (SSSR count). The minimum atomic E-state index is -0.489. The van der Waals surface area contributed by atoms with Crippen molar-refractivity contribution in [2.45, 2.75) is 38.3 Å². The molecule has 26 heavy (non-hydrogen) atoms. The topological polar surface area (TPSA) is 62.9 Å². The molecule has 0 saturated heterocycles. The van der Waals surface area contributed by atoms with E-state index in [4.69, 9.17) is 24.7 Å². The summed E-state index contributed by atoms with van der Waals surface area (Å²) in [6.45, 7) is 6.70. The zero-order valence-electron chi connectivity index (χ0n) is 16.0. The van der Waals surface area contributed by atoms with Crippen LogP contribution in [0.3, 0.4) is 0 Å². The van der Waals surface area contributed by atoms with Gasteiger partial charge in [-0.15, -0.1) is 0 Å². The Balaban J connectivity index is 2.03. The molecule has 2 atom stereocenters. The summed E-state index contributed by atoms with van der Waals surface area (Å²) in [5, 5.41) is 0. The van der Waals surface area contributed by atoms with E-state index in [1.165, 1.54) is 0 Å². The second-order valence-electron chi connectivity index (χ2n) is 6.96. The van der Waals surface area contributed by atoms with Crippen molar-refractivity contribution in [3.05, 3.63) is 47.5 Å². The van der Waals surface area contributed by atoms with Gasteiger partial charge < -0.3 is 24.7 Å². The van der Waals surface area contributed by atoms with E-state index in [1.54, 1.807) is 14.2 Å². The molecule has 0 amide bonds. The molecule has 2 aromatic carbocycles. The molecule has 0 aromatic heterocycles. The van der Waals surface area contributed by atoms with Gasteiger partial charge in [-0.3, -0.25) is 0 Å². The molecular formula is C21H27NO4. The lowest BCUT2D eigenvalue weighted by Crippen LogP contribution is -2.45. The van der Waals surface area contributed by atoms with Gasteiger partial charge in [-0.1, -0.05) is 12.1 Å². The average Bonchev–Trinajstić information content (AvgIpc) is 2.60. The van der Waals surface area contributed by atoms with E-state index in [0.717, 1.165) is 22.6 Å². The van der Waals surface area contributed by atoms with Crippen LogP contribution < -0.4 is 24.7 Å². The lowest BCUT2D eigenvalue weighted by molar-refractivity contribution is 0.0474. The zero-order chi connectivity index (χ0) is 18.9. The van der Waals surface area contributed by atoms with Crippen molar-refractivity contribution in [3.8, 4) is 23.0 Å². The molecule has 2 aromatic rings. The molecule has 5 nitrogen and oxygen atoms in total. The molecule has 1 heterocycles. The number of hydrogen-bond acceptors (Lipinski definition) is 5. The number of ether oxygens (including phenoxy) is 4. The van der Waals surface area contributed by atoms with E-state index in [2.05, 4.69) is 13.8 Å². The maximum atomic E-state index is 6.69. The minimum absolute atomic E-state index is 0.0345. The van der Waals surface area contributed by atoms with Crippen LogP contribution in [0.5, 0.6) is 23.0 Å². The summed E-state index contributed by atoms with van der Waals surface area (Å²) < 4.78 is 22.7. The molecule has 0 spiro atoms. The summed E-state index contributed by atoms with van der Waals surface area (Å²) in [6.07, 6.45) is 0. The second-order valence-corrected chi connectivity index (χ2v) is 6.96. The van der Waals surface area contributed by atoms with Crippen LogP contribution in [0.25, 0.3) is 0 Å². The summed E-state index contributed by atoms with van der Waals surface area (Å²) in [6, 6.07) is 11.6. The molecule has 1 aliphatic heterocycles. The van der Waals surface area contributed by atoms with Crippen LogP contribution in [-0.2, 0) is 0 Å². The van der Waals surface area contributed by atoms with E-state index < -0.39 is 5.60 Å². The average molecular weight is 357 g/mol. The molecule has 0 radical (unpaired) electrons. The number of benzene rings is 2. The van der Waals surface area contributed by atoms with E-state index in [0.29, 0.717) is 18.1 Å². The number of rotatable bonds is 5. The van der Waals surface area contributed by atoms with Gasteiger partial charge >= 0.3 is 0 Å². The summed E-state index contributed by atoms with van der Waals surface area (Å²) in [7, 11) is 3.26. The highest BCUT2D eigenvalue weighted by Gasteiger charge is 2.43. The van der Waals surface area contributed by atoms with Crippen molar-refractivity contribution in [2.24, 2.45) is 5.73 Å². The first-order valence-electron chi connectivity index (χ1n) is 8.84. The maximum absolute atomic E-state index is 6.69. The first kappa shape index (κ1) is 18.4. The number of fused-ring (bicyclic) bond motifs is 1. The van der Waals surface area contributed by atoms with E-state index in [-0.39, 0.29) is 12.0 Å². The third-order valence-electron chi connectivity index (χ3n) is 4.90. The fourth-order valence-corrected chi connectivity index (χ4v) is 3.75. The molecule has 2 N–H and O–H groups in total. The number of hydrogen-bond donors (Lipinski definition) is 1. The van der Waals surface area contributed by atoms with Gasteiger partial charge in [0.2, 0.25) is 0 Å². The Morgan fingerprint density at radius 2 is 1.77 bits per heavy atom. The Bertz CT molecular complexity index is 788. The van der Waals surface area contributed by atoms with Crippen LogP contribution in [0.15, 0.2) is 36.4 Å².